The molecule has 1 aromatic carbocycles. The lowest BCUT2D eigenvalue weighted by atomic mass is 10.2. The van der Waals surface area contributed by atoms with Crippen molar-refractivity contribution in [3.8, 4) is 0 Å². The molecule has 0 aliphatic rings. The van der Waals surface area contributed by atoms with Crippen LogP contribution in [0.3, 0.4) is 0 Å². The zero-order valence-corrected chi connectivity index (χ0v) is 10.1. The minimum absolute atomic E-state index is 0.314. The summed E-state index contributed by atoms with van der Waals surface area (Å²) in [4.78, 5) is -0.672. The number of benzene rings is 1. The predicted octanol–water partition coefficient (Wildman–Crippen LogP) is 5.21. The second-order valence-electron chi connectivity index (χ2n) is 2.40. The van der Waals surface area contributed by atoms with Gasteiger partial charge in [0, 0.05) is 21.5 Å². The Morgan fingerprint density at radius 2 is 1.69 bits per heavy atom. The topological polar surface area (TPSA) is 0 Å². The second kappa shape index (κ2) is 4.95. The van der Waals surface area contributed by atoms with Crippen LogP contribution >= 0.6 is 58.0 Å². The molecule has 0 radical (unpaired) electrons. The highest BCUT2D eigenvalue weighted by Crippen LogP contribution is 2.35. The minimum atomic E-state index is -0.672. The van der Waals surface area contributed by atoms with Crippen molar-refractivity contribution in [1.29, 1.82) is 0 Å². The van der Waals surface area contributed by atoms with Crippen molar-refractivity contribution in [2.75, 3.05) is 0 Å². The van der Waals surface area contributed by atoms with E-state index in [9.17, 15) is 0 Å². The van der Waals surface area contributed by atoms with Gasteiger partial charge < -0.3 is 0 Å². The molecule has 1 rings (SSSR count). The molecule has 1 aromatic rings. The Hall–Kier alpha value is 0.670. The zero-order valence-electron chi connectivity index (χ0n) is 6.33. The Morgan fingerprint density at radius 3 is 2.15 bits per heavy atom. The maximum atomic E-state index is 5.89. The number of hydrogen-bond donors (Lipinski definition) is 0. The van der Waals surface area contributed by atoms with Crippen LogP contribution < -0.4 is 0 Å². The highest BCUT2D eigenvalue weighted by Gasteiger charge is 2.11. The SMILES string of the molecule is ClCc1cc(Cl)c(C(Cl)Cl)cc1Cl. The molecule has 13 heavy (non-hydrogen) atoms. The molecule has 72 valence electrons. The van der Waals surface area contributed by atoms with Crippen molar-refractivity contribution < 1.29 is 0 Å². The zero-order chi connectivity index (χ0) is 10.0. The minimum Gasteiger partial charge on any atom is -0.121 e. The molecular formula is C8H5Cl5. The fraction of sp³-hybridized carbons (Fsp3) is 0.250. The Kier molecular flexibility index (Phi) is 4.47. The third-order valence-electron chi connectivity index (χ3n) is 1.54. The molecule has 0 aliphatic heterocycles. The van der Waals surface area contributed by atoms with Crippen LogP contribution in [0.2, 0.25) is 10.0 Å². The monoisotopic (exact) mass is 276 g/mol. The average Bonchev–Trinajstić information content (AvgIpc) is 2.07. The van der Waals surface area contributed by atoms with E-state index >= 15 is 0 Å². The Morgan fingerprint density at radius 1 is 1.08 bits per heavy atom. The van der Waals surface area contributed by atoms with Crippen LogP contribution in [0.25, 0.3) is 0 Å². The maximum Gasteiger partial charge on any atom is 0.134 e. The molecule has 0 nitrogen and oxygen atoms in total. The Balaban J connectivity index is 3.20. The van der Waals surface area contributed by atoms with Gasteiger partial charge >= 0.3 is 0 Å². The lowest BCUT2D eigenvalue weighted by Crippen LogP contribution is -1.88. The summed E-state index contributed by atoms with van der Waals surface area (Å²) < 4.78 is 0. The molecule has 5 heteroatoms. The van der Waals surface area contributed by atoms with Crippen molar-refractivity contribution in [3.05, 3.63) is 33.3 Å². The van der Waals surface area contributed by atoms with Gasteiger partial charge in [-0.3, -0.25) is 0 Å². The summed E-state index contributed by atoms with van der Waals surface area (Å²) in [5, 5.41) is 1.01. The van der Waals surface area contributed by atoms with Gasteiger partial charge in [-0.25, -0.2) is 0 Å². The summed E-state index contributed by atoms with van der Waals surface area (Å²) in [6.45, 7) is 0. The molecule has 0 N–H and O–H groups in total. The van der Waals surface area contributed by atoms with Crippen molar-refractivity contribution >= 4 is 58.0 Å². The van der Waals surface area contributed by atoms with Crippen molar-refractivity contribution in [1.82, 2.24) is 0 Å². The van der Waals surface area contributed by atoms with Gasteiger partial charge in [0.15, 0.2) is 0 Å². The van der Waals surface area contributed by atoms with Gasteiger partial charge in [-0.15, -0.1) is 34.8 Å². The Bertz CT molecular complexity index is 308. The predicted molar refractivity (Wildman–Crippen MR) is 60.5 cm³/mol. The molecule has 0 bridgehead atoms. The Labute approximate surface area is 102 Å². The molecule has 0 amide bonds. The van der Waals surface area contributed by atoms with Gasteiger partial charge in [0.1, 0.15) is 4.84 Å². The first kappa shape index (κ1) is 11.7. The molecule has 0 atom stereocenters. The molecule has 0 aliphatic carbocycles. The van der Waals surface area contributed by atoms with E-state index in [1.54, 1.807) is 12.1 Å². The maximum absolute atomic E-state index is 5.89. The van der Waals surface area contributed by atoms with Crippen LogP contribution in [0.1, 0.15) is 16.0 Å². The smallest absolute Gasteiger partial charge is 0.121 e. The first-order valence-electron chi connectivity index (χ1n) is 3.38. The van der Waals surface area contributed by atoms with E-state index in [4.69, 9.17) is 58.0 Å². The molecule has 0 saturated carbocycles. The molecule has 0 unspecified atom stereocenters. The van der Waals surface area contributed by atoms with Crippen LogP contribution in [0.4, 0.5) is 0 Å². The molecule has 0 aromatic heterocycles. The summed E-state index contributed by atoms with van der Waals surface area (Å²) >= 11 is 28.7. The molecular weight excluding hydrogens is 273 g/mol. The van der Waals surface area contributed by atoms with E-state index in [0.29, 0.717) is 21.5 Å². The highest BCUT2D eigenvalue weighted by molar-refractivity contribution is 6.45. The van der Waals surface area contributed by atoms with Gasteiger partial charge in [-0.2, -0.15) is 0 Å². The van der Waals surface area contributed by atoms with Crippen LogP contribution in [0.15, 0.2) is 12.1 Å². The second-order valence-corrected chi connectivity index (χ2v) is 4.58. The fourth-order valence-corrected chi connectivity index (χ4v) is 2.17. The van der Waals surface area contributed by atoms with Crippen LogP contribution in [-0.2, 0) is 5.88 Å². The summed E-state index contributed by atoms with van der Waals surface area (Å²) in [5.74, 6) is 0.314. The number of alkyl halides is 3. The van der Waals surface area contributed by atoms with Crippen molar-refractivity contribution in [3.63, 3.8) is 0 Å². The van der Waals surface area contributed by atoms with Crippen molar-refractivity contribution in [2.24, 2.45) is 0 Å². The summed E-state index contributed by atoms with van der Waals surface area (Å²) in [6.07, 6.45) is 0. The lowest BCUT2D eigenvalue weighted by molar-refractivity contribution is 1.30. The van der Waals surface area contributed by atoms with E-state index in [-0.39, 0.29) is 0 Å². The van der Waals surface area contributed by atoms with Gasteiger partial charge in [0.2, 0.25) is 0 Å². The molecule has 0 heterocycles. The molecule has 0 saturated heterocycles. The quantitative estimate of drug-likeness (QED) is 0.652. The number of rotatable bonds is 2. The highest BCUT2D eigenvalue weighted by atomic mass is 35.5. The largest absolute Gasteiger partial charge is 0.134 e. The van der Waals surface area contributed by atoms with E-state index in [1.165, 1.54) is 0 Å². The molecule has 0 fully saturated rings. The first-order valence-corrected chi connectivity index (χ1v) is 5.54. The van der Waals surface area contributed by atoms with Crippen molar-refractivity contribution in [2.45, 2.75) is 10.7 Å². The summed E-state index contributed by atoms with van der Waals surface area (Å²) in [5.41, 5.74) is 1.37. The first-order chi connectivity index (χ1) is 6.06. The third kappa shape index (κ3) is 2.81. The average molecular weight is 278 g/mol. The normalized spacial score (nSPS) is 10.9. The van der Waals surface area contributed by atoms with Crippen LogP contribution in [0.5, 0.6) is 0 Å². The van der Waals surface area contributed by atoms with Gasteiger partial charge in [-0.1, -0.05) is 23.2 Å². The van der Waals surface area contributed by atoms with Gasteiger partial charge in [-0.05, 0) is 17.7 Å². The summed E-state index contributed by atoms with van der Waals surface area (Å²) in [7, 11) is 0. The standard InChI is InChI=1S/C8H5Cl5/c9-3-4-1-7(11)5(8(12)13)2-6(4)10/h1-2,8H,3H2. The van der Waals surface area contributed by atoms with E-state index in [0.717, 1.165) is 5.56 Å². The van der Waals surface area contributed by atoms with E-state index in [1.807, 2.05) is 0 Å². The van der Waals surface area contributed by atoms with E-state index < -0.39 is 4.84 Å². The fourth-order valence-electron chi connectivity index (χ4n) is 0.873. The van der Waals surface area contributed by atoms with Gasteiger partial charge in [0.25, 0.3) is 0 Å². The van der Waals surface area contributed by atoms with Gasteiger partial charge in [0.05, 0.1) is 0 Å². The van der Waals surface area contributed by atoms with Crippen LogP contribution in [0, 0.1) is 0 Å². The lowest BCUT2D eigenvalue weighted by Gasteiger charge is -2.08. The summed E-state index contributed by atoms with van der Waals surface area (Å²) in [6, 6.07) is 3.30. The number of hydrogen-bond acceptors (Lipinski definition) is 0. The van der Waals surface area contributed by atoms with Crippen LogP contribution in [-0.4, -0.2) is 0 Å². The number of halogens is 5. The third-order valence-corrected chi connectivity index (χ3v) is 2.98. The molecule has 0 spiro atoms. The van der Waals surface area contributed by atoms with E-state index in [2.05, 4.69) is 0 Å².